The molecule has 0 spiro atoms. The van der Waals surface area contributed by atoms with Gasteiger partial charge in [-0.3, -0.25) is 4.79 Å². The van der Waals surface area contributed by atoms with Crippen molar-refractivity contribution in [1.29, 1.82) is 0 Å². The van der Waals surface area contributed by atoms with E-state index in [9.17, 15) is 9.59 Å². The maximum absolute atomic E-state index is 12.8. The zero-order chi connectivity index (χ0) is 17.8. The molecule has 1 atom stereocenters. The highest BCUT2D eigenvalue weighted by molar-refractivity contribution is 7.99. The van der Waals surface area contributed by atoms with Gasteiger partial charge in [-0.15, -0.1) is 11.3 Å². The number of carbonyl (C=O) groups is 2. The van der Waals surface area contributed by atoms with E-state index < -0.39 is 0 Å². The van der Waals surface area contributed by atoms with Crippen LogP contribution in [-0.4, -0.2) is 29.9 Å². The Hall–Kier alpha value is -1.53. The third-order valence-corrected chi connectivity index (χ3v) is 6.29. The number of thioether (sulfide) groups is 1. The number of nitrogens with one attached hydrogen (secondary N) is 1. The van der Waals surface area contributed by atoms with Crippen LogP contribution in [0.25, 0.3) is 0 Å². The molecule has 0 saturated heterocycles. The standard InChI is InChI=1S/C19H23NO3S2/c1-3-24-11-9-23-19(22)16-12(2)20-13-6-4-7-14(21)17(13)18(16)15-8-5-10-25-15/h5,8,10,18,20H,3-4,6-7,9,11H2,1-2H3. The van der Waals surface area contributed by atoms with E-state index in [0.717, 1.165) is 46.2 Å². The predicted octanol–water partition coefficient (Wildman–Crippen LogP) is 4.01. The first kappa shape index (κ1) is 18.3. The molecule has 2 aliphatic rings. The Morgan fingerprint density at radius 3 is 3.00 bits per heavy atom. The Morgan fingerprint density at radius 1 is 1.44 bits per heavy atom. The Kier molecular flexibility index (Phi) is 6.02. The van der Waals surface area contributed by atoms with E-state index in [1.54, 1.807) is 23.1 Å². The Morgan fingerprint density at radius 2 is 2.28 bits per heavy atom. The van der Waals surface area contributed by atoms with Gasteiger partial charge in [0.2, 0.25) is 0 Å². The van der Waals surface area contributed by atoms with Crippen LogP contribution in [0.2, 0.25) is 0 Å². The fraction of sp³-hybridized carbons (Fsp3) is 0.474. The number of ether oxygens (including phenoxy) is 1. The first-order valence-electron chi connectivity index (χ1n) is 8.65. The summed E-state index contributed by atoms with van der Waals surface area (Å²) in [4.78, 5) is 26.5. The number of Topliss-reactive ketones (excluding diaryl/α,β-unsaturated/α-hetero) is 1. The van der Waals surface area contributed by atoms with Gasteiger partial charge in [-0.25, -0.2) is 4.79 Å². The van der Waals surface area contributed by atoms with Crippen LogP contribution in [-0.2, 0) is 14.3 Å². The zero-order valence-corrected chi connectivity index (χ0v) is 16.2. The SMILES string of the molecule is CCSCCOC(=O)C1=C(C)NC2=C(C(=O)CCC2)C1c1cccs1. The van der Waals surface area contributed by atoms with Crippen LogP contribution < -0.4 is 5.32 Å². The molecule has 1 aliphatic carbocycles. The minimum absolute atomic E-state index is 0.145. The summed E-state index contributed by atoms with van der Waals surface area (Å²) in [5.74, 6) is 1.33. The van der Waals surface area contributed by atoms with Crippen molar-refractivity contribution < 1.29 is 14.3 Å². The molecule has 0 radical (unpaired) electrons. The van der Waals surface area contributed by atoms with E-state index in [1.165, 1.54) is 0 Å². The van der Waals surface area contributed by atoms with Gasteiger partial charge in [0, 0.05) is 34.0 Å². The molecule has 0 bridgehead atoms. The van der Waals surface area contributed by atoms with Crippen LogP contribution in [0.4, 0.5) is 0 Å². The van der Waals surface area contributed by atoms with Crippen LogP contribution in [0.5, 0.6) is 0 Å². The van der Waals surface area contributed by atoms with Gasteiger partial charge in [0.1, 0.15) is 6.61 Å². The fourth-order valence-corrected chi connectivity index (χ4v) is 4.74. The molecule has 3 rings (SSSR count). The normalized spacial score (nSPS) is 20.4. The second kappa shape index (κ2) is 8.23. The molecule has 6 heteroatoms. The zero-order valence-electron chi connectivity index (χ0n) is 14.6. The Bertz CT molecular complexity index is 719. The van der Waals surface area contributed by atoms with Gasteiger partial charge in [-0.2, -0.15) is 11.8 Å². The van der Waals surface area contributed by atoms with Gasteiger partial charge in [-0.1, -0.05) is 13.0 Å². The summed E-state index contributed by atoms with van der Waals surface area (Å²) in [5, 5.41) is 5.30. The summed E-state index contributed by atoms with van der Waals surface area (Å²) in [5.41, 5.74) is 3.12. The number of rotatable bonds is 6. The van der Waals surface area contributed by atoms with Crippen LogP contribution in [0.3, 0.4) is 0 Å². The van der Waals surface area contributed by atoms with Crippen molar-refractivity contribution in [2.24, 2.45) is 0 Å². The third kappa shape index (κ3) is 3.85. The smallest absolute Gasteiger partial charge is 0.336 e. The average Bonchev–Trinajstić information content (AvgIpc) is 3.12. The van der Waals surface area contributed by atoms with Gasteiger partial charge in [0.15, 0.2) is 5.78 Å². The lowest BCUT2D eigenvalue weighted by atomic mass is 9.78. The highest BCUT2D eigenvalue weighted by atomic mass is 32.2. The molecule has 1 aliphatic heterocycles. The maximum atomic E-state index is 12.8. The second-order valence-electron chi connectivity index (χ2n) is 6.11. The molecule has 4 nitrogen and oxygen atoms in total. The van der Waals surface area contributed by atoms with E-state index in [4.69, 9.17) is 4.74 Å². The highest BCUT2D eigenvalue weighted by Crippen LogP contribution is 2.43. The topological polar surface area (TPSA) is 55.4 Å². The van der Waals surface area contributed by atoms with Crippen molar-refractivity contribution in [3.05, 3.63) is 44.9 Å². The minimum atomic E-state index is -0.315. The third-order valence-electron chi connectivity index (χ3n) is 4.49. The first-order chi connectivity index (χ1) is 12.1. The average molecular weight is 378 g/mol. The molecule has 1 aromatic rings. The summed E-state index contributed by atoms with van der Waals surface area (Å²) in [7, 11) is 0. The fourth-order valence-electron chi connectivity index (χ4n) is 3.41. The van der Waals surface area contributed by atoms with Crippen molar-refractivity contribution in [3.8, 4) is 0 Å². The molecule has 0 aromatic carbocycles. The van der Waals surface area contributed by atoms with E-state index in [2.05, 4.69) is 12.2 Å². The van der Waals surface area contributed by atoms with E-state index in [-0.39, 0.29) is 17.7 Å². The molecule has 0 fully saturated rings. The largest absolute Gasteiger partial charge is 0.461 e. The maximum Gasteiger partial charge on any atom is 0.336 e. The summed E-state index contributed by atoms with van der Waals surface area (Å²) < 4.78 is 5.51. The Balaban J connectivity index is 1.92. The van der Waals surface area contributed by atoms with Crippen molar-refractivity contribution in [2.45, 2.75) is 39.0 Å². The number of dihydropyridines is 1. The molecule has 1 unspecified atom stereocenters. The molecular formula is C19H23NO3S2. The number of hydrogen-bond acceptors (Lipinski definition) is 6. The van der Waals surface area contributed by atoms with E-state index in [1.807, 2.05) is 24.4 Å². The molecule has 2 heterocycles. The Labute approximate surface area is 156 Å². The number of carbonyl (C=O) groups excluding carboxylic acids is 2. The van der Waals surface area contributed by atoms with Crippen molar-refractivity contribution in [1.82, 2.24) is 5.32 Å². The molecule has 0 amide bonds. The number of thiophene rings is 1. The van der Waals surface area contributed by atoms with E-state index >= 15 is 0 Å². The first-order valence-corrected chi connectivity index (χ1v) is 10.7. The lowest BCUT2D eigenvalue weighted by Gasteiger charge is -2.33. The number of allylic oxidation sites excluding steroid dienone is 3. The molecule has 0 saturated carbocycles. The van der Waals surface area contributed by atoms with Crippen LogP contribution in [0.1, 0.15) is 43.9 Å². The minimum Gasteiger partial charge on any atom is -0.461 e. The van der Waals surface area contributed by atoms with Gasteiger partial charge in [0.05, 0.1) is 11.5 Å². The quantitative estimate of drug-likeness (QED) is 0.600. The lowest BCUT2D eigenvalue weighted by Crippen LogP contribution is -2.34. The number of hydrogen-bond donors (Lipinski definition) is 1. The van der Waals surface area contributed by atoms with Gasteiger partial charge in [0.25, 0.3) is 0 Å². The highest BCUT2D eigenvalue weighted by Gasteiger charge is 2.39. The van der Waals surface area contributed by atoms with Crippen molar-refractivity contribution in [3.63, 3.8) is 0 Å². The summed E-state index contributed by atoms with van der Waals surface area (Å²) >= 11 is 3.33. The monoisotopic (exact) mass is 377 g/mol. The number of esters is 1. The number of ketones is 1. The van der Waals surface area contributed by atoms with Gasteiger partial charge >= 0.3 is 5.97 Å². The van der Waals surface area contributed by atoms with Gasteiger partial charge in [-0.05, 0) is 37.0 Å². The van der Waals surface area contributed by atoms with Crippen LogP contribution in [0, 0.1) is 0 Å². The summed E-state index contributed by atoms with van der Waals surface area (Å²) in [6.07, 6.45) is 2.27. The van der Waals surface area contributed by atoms with E-state index in [0.29, 0.717) is 18.6 Å². The second-order valence-corrected chi connectivity index (χ2v) is 8.49. The molecular weight excluding hydrogens is 354 g/mol. The summed E-state index contributed by atoms with van der Waals surface area (Å²) in [6, 6.07) is 3.96. The van der Waals surface area contributed by atoms with Crippen LogP contribution >= 0.6 is 23.1 Å². The molecule has 134 valence electrons. The van der Waals surface area contributed by atoms with Crippen molar-refractivity contribution in [2.75, 3.05) is 18.1 Å². The van der Waals surface area contributed by atoms with Gasteiger partial charge < -0.3 is 10.1 Å². The lowest BCUT2D eigenvalue weighted by molar-refractivity contribution is -0.138. The van der Waals surface area contributed by atoms with Crippen molar-refractivity contribution >= 4 is 34.9 Å². The summed E-state index contributed by atoms with van der Waals surface area (Å²) in [6.45, 7) is 4.38. The van der Waals surface area contributed by atoms with Crippen LogP contribution in [0.15, 0.2) is 40.1 Å². The molecule has 25 heavy (non-hydrogen) atoms. The molecule has 1 aromatic heterocycles. The molecule has 1 N–H and O–H groups in total. The predicted molar refractivity (Wildman–Crippen MR) is 103 cm³/mol.